The van der Waals surface area contributed by atoms with Crippen LogP contribution in [-0.2, 0) is 19.1 Å². The monoisotopic (exact) mass is 438 g/mol. The SMILES string of the molecule is COC(=O)C1(C(=O)OC)CCCCC1[CH2][Sn]([Cl])([Cl])[Cl]. The van der Waals surface area contributed by atoms with Gasteiger partial charge in [0.25, 0.3) is 0 Å². The Kier molecular flexibility index (Phi) is 6.55. The molecule has 0 aromatic rings. The van der Waals surface area contributed by atoms with Gasteiger partial charge in [0.15, 0.2) is 0 Å². The Morgan fingerprint density at radius 2 is 1.68 bits per heavy atom. The van der Waals surface area contributed by atoms with Crippen molar-refractivity contribution in [3.8, 4) is 0 Å². The van der Waals surface area contributed by atoms with Crippen molar-refractivity contribution in [3.63, 3.8) is 0 Å². The maximum absolute atomic E-state index is 12.2. The van der Waals surface area contributed by atoms with Crippen molar-refractivity contribution >= 4 is 53.7 Å². The number of methoxy groups -OCH3 is 2. The Balaban J connectivity index is 3.14. The van der Waals surface area contributed by atoms with Crippen LogP contribution in [0.25, 0.3) is 0 Å². The third-order valence-electron chi connectivity index (χ3n) is 3.65. The number of carbonyl (C=O) groups is 2. The summed E-state index contributed by atoms with van der Waals surface area (Å²) in [5, 5.41) is 0. The van der Waals surface area contributed by atoms with E-state index in [0.29, 0.717) is 17.3 Å². The molecule has 1 saturated carbocycles. The van der Waals surface area contributed by atoms with Gasteiger partial charge in [0.2, 0.25) is 0 Å². The predicted octanol–water partition coefficient (Wildman–Crippen LogP) is 3.16. The van der Waals surface area contributed by atoms with Gasteiger partial charge >= 0.3 is 128 Å². The minimum atomic E-state index is -3.68. The first kappa shape index (κ1) is 17.7. The molecule has 8 heteroatoms. The van der Waals surface area contributed by atoms with E-state index < -0.39 is 32.4 Å². The summed E-state index contributed by atoms with van der Waals surface area (Å²) >= 11 is -3.68. The van der Waals surface area contributed by atoms with Gasteiger partial charge < -0.3 is 0 Å². The van der Waals surface area contributed by atoms with Crippen molar-refractivity contribution in [1.82, 2.24) is 0 Å². The maximum atomic E-state index is 12.2. The molecule has 1 fully saturated rings. The molecular formula is C11H17Cl3O4Sn. The van der Waals surface area contributed by atoms with Crippen molar-refractivity contribution in [2.24, 2.45) is 11.3 Å². The first-order chi connectivity index (χ1) is 8.78. The fourth-order valence-electron chi connectivity index (χ4n) is 2.79. The van der Waals surface area contributed by atoms with E-state index in [2.05, 4.69) is 0 Å². The first-order valence-corrected chi connectivity index (χ1v) is 18.9. The Morgan fingerprint density at radius 3 is 2.11 bits per heavy atom. The number of esters is 2. The second-order valence-electron chi connectivity index (χ2n) is 4.72. The molecule has 0 amide bonds. The minimum absolute atomic E-state index is 0.301. The summed E-state index contributed by atoms with van der Waals surface area (Å²) < 4.78 is 9.95. The Hall–Kier alpha value is 0.609. The molecule has 0 aliphatic heterocycles. The molecule has 1 aliphatic carbocycles. The molecule has 0 radical (unpaired) electrons. The number of hydrogen-bond acceptors (Lipinski definition) is 4. The van der Waals surface area contributed by atoms with Gasteiger partial charge in [-0.1, -0.05) is 0 Å². The number of rotatable bonds is 4. The molecule has 0 saturated heterocycles. The second-order valence-corrected chi connectivity index (χ2v) is 26.3. The standard InChI is InChI=1S/C11H17O4.3ClH.Sn/c1-8-6-4-5-7-11(8,9(12)14-2)10(13)15-3;;;;/h8H,1,4-7H2,2-3H3;3*1H;/q;;;;+3/p-3. The number of hydrogen-bond donors (Lipinski definition) is 0. The Bertz CT molecular complexity index is 340. The fourth-order valence-corrected chi connectivity index (χ4v) is 9.71. The molecule has 0 aromatic carbocycles. The fraction of sp³-hybridized carbons (Fsp3) is 0.818. The summed E-state index contributed by atoms with van der Waals surface area (Å²) in [7, 11) is 20.6. The molecular weight excluding hydrogens is 421 g/mol. The van der Waals surface area contributed by atoms with E-state index in [-0.39, 0.29) is 5.92 Å². The van der Waals surface area contributed by atoms with E-state index in [1.54, 1.807) is 0 Å². The Morgan fingerprint density at radius 1 is 1.16 bits per heavy atom. The molecule has 1 atom stereocenters. The van der Waals surface area contributed by atoms with E-state index in [0.717, 1.165) is 12.8 Å². The zero-order chi connectivity index (χ0) is 14.7. The zero-order valence-electron chi connectivity index (χ0n) is 10.9. The summed E-state index contributed by atoms with van der Waals surface area (Å²) in [5.41, 5.74) is -1.30. The molecule has 0 heterocycles. The van der Waals surface area contributed by atoms with Gasteiger partial charge in [0.05, 0.1) is 0 Å². The molecule has 1 unspecified atom stereocenters. The van der Waals surface area contributed by atoms with Gasteiger partial charge in [0, 0.05) is 0 Å². The number of halogens is 3. The average molecular weight is 438 g/mol. The van der Waals surface area contributed by atoms with Gasteiger partial charge in [-0.3, -0.25) is 0 Å². The van der Waals surface area contributed by atoms with Gasteiger partial charge in [-0.25, -0.2) is 0 Å². The van der Waals surface area contributed by atoms with E-state index in [4.69, 9.17) is 36.2 Å². The molecule has 0 spiro atoms. The van der Waals surface area contributed by atoms with Crippen LogP contribution >= 0.6 is 26.8 Å². The summed E-state index contributed by atoms with van der Waals surface area (Å²) in [6.45, 7) is 0. The molecule has 4 nitrogen and oxygen atoms in total. The first-order valence-electron chi connectivity index (χ1n) is 6.01. The van der Waals surface area contributed by atoms with Gasteiger partial charge in [-0.15, -0.1) is 0 Å². The Labute approximate surface area is 128 Å². The molecule has 0 N–H and O–H groups in total. The summed E-state index contributed by atoms with van der Waals surface area (Å²) in [4.78, 5) is 24.3. The van der Waals surface area contributed by atoms with Crippen LogP contribution in [-0.4, -0.2) is 41.2 Å². The zero-order valence-corrected chi connectivity index (χ0v) is 16.0. The van der Waals surface area contributed by atoms with E-state index in [9.17, 15) is 9.59 Å². The van der Waals surface area contributed by atoms with E-state index in [1.807, 2.05) is 0 Å². The van der Waals surface area contributed by atoms with Crippen molar-refractivity contribution in [2.75, 3.05) is 14.2 Å². The summed E-state index contributed by atoms with van der Waals surface area (Å²) in [5.74, 6) is -1.46. The predicted molar refractivity (Wildman–Crippen MR) is 76.5 cm³/mol. The van der Waals surface area contributed by atoms with Crippen LogP contribution in [0.1, 0.15) is 25.7 Å². The van der Waals surface area contributed by atoms with Crippen molar-refractivity contribution < 1.29 is 19.1 Å². The average Bonchev–Trinajstić information content (AvgIpc) is 2.35. The molecule has 0 bridgehead atoms. The molecule has 19 heavy (non-hydrogen) atoms. The molecule has 1 rings (SSSR count). The van der Waals surface area contributed by atoms with Crippen LogP contribution in [0.2, 0.25) is 4.44 Å². The summed E-state index contributed by atoms with van der Waals surface area (Å²) in [6, 6.07) is 0. The van der Waals surface area contributed by atoms with Gasteiger partial charge in [-0.2, -0.15) is 0 Å². The van der Waals surface area contributed by atoms with Gasteiger partial charge in [0.1, 0.15) is 0 Å². The van der Waals surface area contributed by atoms with Crippen LogP contribution < -0.4 is 0 Å². The second kappa shape index (κ2) is 7.05. The third-order valence-corrected chi connectivity index (χ3v) is 9.48. The van der Waals surface area contributed by atoms with E-state index >= 15 is 0 Å². The van der Waals surface area contributed by atoms with Crippen LogP contribution in [0.4, 0.5) is 0 Å². The normalized spacial score (nSPS) is 22.7. The summed E-state index contributed by atoms with van der Waals surface area (Å²) in [6.07, 6.45) is 2.74. The van der Waals surface area contributed by atoms with Crippen LogP contribution in [0.5, 0.6) is 0 Å². The number of ether oxygens (including phenoxy) is 2. The topological polar surface area (TPSA) is 52.6 Å². The van der Waals surface area contributed by atoms with Crippen LogP contribution in [0.15, 0.2) is 0 Å². The van der Waals surface area contributed by atoms with Gasteiger partial charge in [-0.05, 0) is 0 Å². The van der Waals surface area contributed by atoms with Crippen LogP contribution in [0.3, 0.4) is 0 Å². The van der Waals surface area contributed by atoms with Crippen molar-refractivity contribution in [2.45, 2.75) is 30.1 Å². The van der Waals surface area contributed by atoms with Crippen molar-refractivity contribution in [1.29, 1.82) is 0 Å². The van der Waals surface area contributed by atoms with E-state index in [1.165, 1.54) is 14.2 Å². The number of carbonyl (C=O) groups excluding carboxylic acids is 2. The molecule has 1 aliphatic rings. The molecule has 0 aromatic heterocycles. The molecule has 110 valence electrons. The quantitative estimate of drug-likeness (QED) is 0.385. The van der Waals surface area contributed by atoms with Crippen molar-refractivity contribution in [3.05, 3.63) is 0 Å². The van der Waals surface area contributed by atoms with Crippen LogP contribution in [0, 0.1) is 11.3 Å². The third kappa shape index (κ3) is 4.05.